The van der Waals surface area contributed by atoms with Crippen LogP contribution in [0.15, 0.2) is 30.5 Å². The standard InChI is InChI=1S/C16H16FN3O/c1-11-14(16(21)20-8-2-3-9-20)10-18-15(19-11)12-4-6-13(17)7-5-12/h4-7,10H,2-3,8-9H2,1H3. The normalized spacial score (nSPS) is 14.5. The van der Waals surface area contributed by atoms with Gasteiger partial charge >= 0.3 is 0 Å². The molecule has 1 fully saturated rings. The van der Waals surface area contributed by atoms with Gasteiger partial charge in [-0.3, -0.25) is 4.79 Å². The highest BCUT2D eigenvalue weighted by Crippen LogP contribution is 2.19. The fourth-order valence-corrected chi connectivity index (χ4v) is 2.51. The number of benzene rings is 1. The number of carbonyl (C=O) groups excluding carboxylic acids is 1. The third kappa shape index (κ3) is 2.77. The van der Waals surface area contributed by atoms with Crippen molar-refractivity contribution < 1.29 is 9.18 Å². The van der Waals surface area contributed by atoms with E-state index in [1.165, 1.54) is 12.1 Å². The van der Waals surface area contributed by atoms with E-state index in [0.717, 1.165) is 31.5 Å². The Morgan fingerprint density at radius 3 is 2.48 bits per heavy atom. The summed E-state index contributed by atoms with van der Waals surface area (Å²) >= 11 is 0. The molecule has 1 aromatic heterocycles. The van der Waals surface area contributed by atoms with Crippen molar-refractivity contribution >= 4 is 5.91 Å². The van der Waals surface area contributed by atoms with Crippen LogP contribution >= 0.6 is 0 Å². The second-order valence-corrected chi connectivity index (χ2v) is 5.20. The highest BCUT2D eigenvalue weighted by molar-refractivity contribution is 5.95. The lowest BCUT2D eigenvalue weighted by Gasteiger charge is -2.16. The Labute approximate surface area is 122 Å². The molecule has 1 saturated heterocycles. The van der Waals surface area contributed by atoms with Crippen molar-refractivity contribution in [1.82, 2.24) is 14.9 Å². The molecule has 4 nitrogen and oxygen atoms in total. The smallest absolute Gasteiger partial charge is 0.257 e. The van der Waals surface area contributed by atoms with Crippen molar-refractivity contribution in [2.24, 2.45) is 0 Å². The van der Waals surface area contributed by atoms with Crippen molar-refractivity contribution in [3.8, 4) is 11.4 Å². The van der Waals surface area contributed by atoms with Crippen LogP contribution in [0.1, 0.15) is 28.9 Å². The number of halogens is 1. The summed E-state index contributed by atoms with van der Waals surface area (Å²) in [4.78, 5) is 22.8. The maximum Gasteiger partial charge on any atom is 0.257 e. The van der Waals surface area contributed by atoms with Crippen LogP contribution in [0, 0.1) is 12.7 Å². The molecular weight excluding hydrogens is 269 g/mol. The van der Waals surface area contributed by atoms with Gasteiger partial charge in [0.1, 0.15) is 5.82 Å². The number of amides is 1. The predicted molar refractivity (Wildman–Crippen MR) is 77.3 cm³/mol. The Bertz CT molecular complexity index is 664. The minimum absolute atomic E-state index is 0.00402. The van der Waals surface area contributed by atoms with E-state index < -0.39 is 0 Å². The van der Waals surface area contributed by atoms with Crippen LogP contribution in [0.4, 0.5) is 4.39 Å². The molecule has 0 saturated carbocycles. The van der Waals surface area contributed by atoms with Gasteiger partial charge in [-0.05, 0) is 44.0 Å². The maximum absolute atomic E-state index is 12.9. The van der Waals surface area contributed by atoms with Gasteiger partial charge in [-0.15, -0.1) is 0 Å². The second kappa shape index (κ2) is 5.60. The lowest BCUT2D eigenvalue weighted by molar-refractivity contribution is 0.0791. The first-order valence-electron chi connectivity index (χ1n) is 7.04. The van der Waals surface area contributed by atoms with E-state index in [-0.39, 0.29) is 11.7 Å². The Balaban J connectivity index is 1.89. The summed E-state index contributed by atoms with van der Waals surface area (Å²) in [5, 5.41) is 0. The summed E-state index contributed by atoms with van der Waals surface area (Å²) in [6, 6.07) is 6.01. The largest absolute Gasteiger partial charge is 0.339 e. The van der Waals surface area contributed by atoms with Crippen molar-refractivity contribution in [3.63, 3.8) is 0 Å². The van der Waals surface area contributed by atoms with Crippen LogP contribution in [0.25, 0.3) is 11.4 Å². The van der Waals surface area contributed by atoms with Crippen molar-refractivity contribution in [2.45, 2.75) is 19.8 Å². The lowest BCUT2D eigenvalue weighted by Crippen LogP contribution is -2.28. The molecule has 108 valence electrons. The third-order valence-corrected chi connectivity index (χ3v) is 3.71. The zero-order valence-electron chi connectivity index (χ0n) is 11.8. The van der Waals surface area contributed by atoms with Gasteiger partial charge in [-0.1, -0.05) is 0 Å². The van der Waals surface area contributed by atoms with Crippen molar-refractivity contribution in [2.75, 3.05) is 13.1 Å². The van der Waals surface area contributed by atoms with Gasteiger partial charge in [0.25, 0.3) is 5.91 Å². The van der Waals surface area contributed by atoms with Crippen LogP contribution < -0.4 is 0 Å². The monoisotopic (exact) mass is 285 g/mol. The van der Waals surface area contributed by atoms with Gasteiger partial charge in [-0.2, -0.15) is 0 Å². The summed E-state index contributed by atoms with van der Waals surface area (Å²) in [7, 11) is 0. The Hall–Kier alpha value is -2.30. The SMILES string of the molecule is Cc1nc(-c2ccc(F)cc2)ncc1C(=O)N1CCCC1. The Kier molecular flexibility index (Phi) is 3.64. The molecule has 0 radical (unpaired) electrons. The minimum Gasteiger partial charge on any atom is -0.339 e. The van der Waals surface area contributed by atoms with E-state index in [0.29, 0.717) is 17.1 Å². The second-order valence-electron chi connectivity index (χ2n) is 5.20. The van der Waals surface area contributed by atoms with Crippen LogP contribution in [-0.2, 0) is 0 Å². The number of aryl methyl sites for hydroxylation is 1. The lowest BCUT2D eigenvalue weighted by atomic mass is 10.1. The van der Waals surface area contributed by atoms with Gasteiger partial charge in [0.05, 0.1) is 11.3 Å². The summed E-state index contributed by atoms with van der Waals surface area (Å²) < 4.78 is 12.9. The fraction of sp³-hybridized carbons (Fsp3) is 0.312. The molecule has 3 rings (SSSR count). The molecule has 0 unspecified atom stereocenters. The summed E-state index contributed by atoms with van der Waals surface area (Å²) in [6.07, 6.45) is 3.68. The van der Waals surface area contributed by atoms with Gasteiger partial charge in [0.2, 0.25) is 0 Å². The molecule has 0 bridgehead atoms. The molecule has 0 aliphatic carbocycles. The maximum atomic E-state index is 12.9. The number of nitrogens with zero attached hydrogens (tertiary/aromatic N) is 3. The van der Waals surface area contributed by atoms with E-state index in [1.807, 2.05) is 4.90 Å². The number of carbonyl (C=O) groups is 1. The molecule has 1 amide bonds. The first-order chi connectivity index (χ1) is 10.1. The number of hydrogen-bond acceptors (Lipinski definition) is 3. The quantitative estimate of drug-likeness (QED) is 0.852. The minimum atomic E-state index is -0.295. The van der Waals surface area contributed by atoms with Crippen LogP contribution in [-0.4, -0.2) is 33.9 Å². The molecule has 1 aliphatic heterocycles. The third-order valence-electron chi connectivity index (χ3n) is 3.71. The Morgan fingerprint density at radius 1 is 1.19 bits per heavy atom. The first kappa shape index (κ1) is 13.7. The van der Waals surface area contributed by atoms with E-state index in [1.54, 1.807) is 25.3 Å². The molecule has 1 aliphatic rings. The average molecular weight is 285 g/mol. The molecule has 5 heteroatoms. The van der Waals surface area contributed by atoms with Crippen LogP contribution in [0.3, 0.4) is 0 Å². The van der Waals surface area contributed by atoms with Gasteiger partial charge in [0.15, 0.2) is 5.82 Å². The molecule has 2 aromatic rings. The van der Waals surface area contributed by atoms with E-state index in [4.69, 9.17) is 0 Å². The van der Waals surface area contributed by atoms with E-state index in [9.17, 15) is 9.18 Å². The molecule has 0 atom stereocenters. The highest BCUT2D eigenvalue weighted by atomic mass is 19.1. The van der Waals surface area contributed by atoms with Crippen molar-refractivity contribution in [3.05, 3.63) is 47.5 Å². The van der Waals surface area contributed by atoms with Crippen LogP contribution in [0.2, 0.25) is 0 Å². The molecule has 0 spiro atoms. The van der Waals surface area contributed by atoms with Gasteiger partial charge in [0, 0.05) is 24.8 Å². The number of likely N-dealkylation sites (tertiary alicyclic amines) is 1. The Morgan fingerprint density at radius 2 is 1.86 bits per heavy atom. The fourth-order valence-electron chi connectivity index (χ4n) is 2.51. The molecule has 21 heavy (non-hydrogen) atoms. The van der Waals surface area contributed by atoms with Crippen molar-refractivity contribution in [1.29, 1.82) is 0 Å². The number of hydrogen-bond donors (Lipinski definition) is 0. The zero-order chi connectivity index (χ0) is 14.8. The van der Waals surface area contributed by atoms with E-state index in [2.05, 4.69) is 9.97 Å². The van der Waals surface area contributed by atoms with Gasteiger partial charge < -0.3 is 4.90 Å². The highest BCUT2D eigenvalue weighted by Gasteiger charge is 2.22. The summed E-state index contributed by atoms with van der Waals surface area (Å²) in [5.74, 6) is 0.206. The average Bonchev–Trinajstić information content (AvgIpc) is 3.01. The first-order valence-corrected chi connectivity index (χ1v) is 7.04. The zero-order valence-corrected chi connectivity index (χ0v) is 11.8. The summed E-state index contributed by atoms with van der Waals surface area (Å²) in [5.41, 5.74) is 1.93. The molecule has 2 heterocycles. The molecular formula is C16H16FN3O. The molecule has 0 N–H and O–H groups in total. The number of aromatic nitrogens is 2. The summed E-state index contributed by atoms with van der Waals surface area (Å²) in [6.45, 7) is 3.41. The topological polar surface area (TPSA) is 46.1 Å². The van der Waals surface area contributed by atoms with Crippen LogP contribution in [0.5, 0.6) is 0 Å². The molecule has 1 aromatic carbocycles. The predicted octanol–water partition coefficient (Wildman–Crippen LogP) is 2.83. The number of rotatable bonds is 2. The van der Waals surface area contributed by atoms with Gasteiger partial charge in [-0.25, -0.2) is 14.4 Å². The van der Waals surface area contributed by atoms with E-state index >= 15 is 0 Å².